The Morgan fingerprint density at radius 3 is 2.64 bits per heavy atom. The van der Waals surface area contributed by atoms with E-state index in [2.05, 4.69) is 53.9 Å². The Kier molecular flexibility index (Phi) is 5.36. The number of phenolic OH excluding ortho intramolecular Hbond substituents is 1. The maximum absolute atomic E-state index is 11.9. The highest BCUT2D eigenvalue weighted by molar-refractivity contribution is 9.11. The van der Waals surface area contributed by atoms with Crippen LogP contribution in [0.2, 0.25) is 0 Å². The number of hydrogen-bond donors (Lipinski definition) is 2. The zero-order valence-corrected chi connectivity index (χ0v) is 14.9. The largest absolute Gasteiger partial charge is 0.506 e. The molecule has 6 nitrogen and oxygen atoms in total. The number of aromatic hydroxyl groups is 1. The van der Waals surface area contributed by atoms with Crippen molar-refractivity contribution in [1.29, 1.82) is 0 Å². The third-order valence-corrected chi connectivity index (χ3v) is 3.94. The first-order chi connectivity index (χ1) is 10.4. The summed E-state index contributed by atoms with van der Waals surface area (Å²) in [6, 6.07) is 3.27. The van der Waals surface area contributed by atoms with Gasteiger partial charge in [-0.15, -0.1) is 6.58 Å². The molecule has 1 aromatic carbocycles. The van der Waals surface area contributed by atoms with E-state index in [1.54, 1.807) is 12.1 Å². The van der Waals surface area contributed by atoms with Gasteiger partial charge in [0.25, 0.3) is 0 Å². The Hall–Kier alpha value is -1.67. The summed E-state index contributed by atoms with van der Waals surface area (Å²) in [5.41, 5.74) is 1.58. The van der Waals surface area contributed by atoms with E-state index in [4.69, 9.17) is 4.52 Å². The molecule has 116 valence electrons. The minimum absolute atomic E-state index is 0.0741. The molecule has 0 unspecified atom stereocenters. The van der Waals surface area contributed by atoms with Gasteiger partial charge in [0.1, 0.15) is 5.75 Å². The van der Waals surface area contributed by atoms with Crippen molar-refractivity contribution in [3.63, 3.8) is 0 Å². The van der Waals surface area contributed by atoms with Gasteiger partial charge in [0, 0.05) is 12.1 Å². The SMILES string of the molecule is C=C(C)CCNC(=O)c1nc(-c2cc(Br)c(O)c(Br)c2)no1. The van der Waals surface area contributed by atoms with Gasteiger partial charge in [-0.1, -0.05) is 10.7 Å². The van der Waals surface area contributed by atoms with Crippen molar-refractivity contribution in [1.82, 2.24) is 15.5 Å². The van der Waals surface area contributed by atoms with Crippen molar-refractivity contribution in [2.75, 3.05) is 6.54 Å². The summed E-state index contributed by atoms with van der Waals surface area (Å²) in [7, 11) is 0. The second kappa shape index (κ2) is 7.06. The molecule has 1 amide bonds. The number of carbonyl (C=O) groups excluding carboxylic acids is 1. The van der Waals surface area contributed by atoms with E-state index in [1.807, 2.05) is 6.92 Å². The van der Waals surface area contributed by atoms with Crippen molar-refractivity contribution in [2.45, 2.75) is 13.3 Å². The maximum atomic E-state index is 11.9. The summed E-state index contributed by atoms with van der Waals surface area (Å²) < 4.78 is 5.92. The summed E-state index contributed by atoms with van der Waals surface area (Å²) in [5.74, 6) is -0.217. The normalized spacial score (nSPS) is 10.5. The molecule has 2 N–H and O–H groups in total. The lowest BCUT2D eigenvalue weighted by molar-refractivity contribution is 0.0910. The number of carbonyl (C=O) groups is 1. The lowest BCUT2D eigenvalue weighted by atomic mass is 10.2. The van der Waals surface area contributed by atoms with Crippen LogP contribution in [-0.4, -0.2) is 27.7 Å². The van der Waals surface area contributed by atoms with Crippen LogP contribution in [0, 0.1) is 0 Å². The van der Waals surface area contributed by atoms with Crippen LogP contribution >= 0.6 is 31.9 Å². The number of benzene rings is 1. The molecular weight excluding hydrogens is 418 g/mol. The first kappa shape index (κ1) is 16.7. The van der Waals surface area contributed by atoms with Crippen LogP contribution in [0.5, 0.6) is 5.75 Å². The number of aromatic nitrogens is 2. The average Bonchev–Trinajstić information content (AvgIpc) is 2.93. The average molecular weight is 431 g/mol. The third kappa shape index (κ3) is 3.95. The molecule has 0 atom stereocenters. The highest BCUT2D eigenvalue weighted by Gasteiger charge is 2.17. The van der Waals surface area contributed by atoms with Crippen molar-refractivity contribution in [3.8, 4) is 17.1 Å². The molecule has 2 aromatic rings. The fourth-order valence-electron chi connectivity index (χ4n) is 1.59. The fourth-order valence-corrected chi connectivity index (χ4v) is 2.78. The highest BCUT2D eigenvalue weighted by Crippen LogP contribution is 2.36. The summed E-state index contributed by atoms with van der Waals surface area (Å²) in [5, 5.41) is 16.1. The standard InChI is InChI=1S/C14H13Br2N3O3/c1-7(2)3-4-17-13(21)14-18-12(19-22-14)8-5-9(15)11(20)10(16)6-8/h5-6,20H,1,3-4H2,2H3,(H,17,21). The highest BCUT2D eigenvalue weighted by atomic mass is 79.9. The van der Waals surface area contributed by atoms with Crippen LogP contribution in [-0.2, 0) is 0 Å². The van der Waals surface area contributed by atoms with Crippen LogP contribution in [0.4, 0.5) is 0 Å². The molecule has 8 heteroatoms. The Balaban J connectivity index is 2.14. The molecule has 0 radical (unpaired) electrons. The van der Waals surface area contributed by atoms with Crippen molar-refractivity contribution in [3.05, 3.63) is 39.1 Å². The summed E-state index contributed by atoms with van der Waals surface area (Å²) in [4.78, 5) is 15.9. The predicted octanol–water partition coefficient (Wildman–Crippen LogP) is 3.66. The first-order valence-electron chi connectivity index (χ1n) is 6.33. The van der Waals surface area contributed by atoms with Gasteiger partial charge in [-0.2, -0.15) is 4.98 Å². The molecule has 1 aromatic heterocycles. The molecule has 0 aliphatic rings. The molecule has 1 heterocycles. The van der Waals surface area contributed by atoms with Crippen molar-refractivity contribution >= 4 is 37.8 Å². The summed E-state index contributed by atoms with van der Waals surface area (Å²) in [6.07, 6.45) is 0.685. The van der Waals surface area contributed by atoms with Crippen LogP contribution in [0.15, 0.2) is 37.8 Å². The van der Waals surface area contributed by atoms with Gasteiger partial charge in [-0.05, 0) is 57.3 Å². The van der Waals surface area contributed by atoms with E-state index in [0.717, 1.165) is 5.57 Å². The van der Waals surface area contributed by atoms with Crippen LogP contribution in [0.3, 0.4) is 0 Å². The lowest BCUT2D eigenvalue weighted by Gasteiger charge is -2.02. The minimum atomic E-state index is -0.433. The van der Waals surface area contributed by atoms with Gasteiger partial charge in [0.15, 0.2) is 0 Å². The molecule has 0 bridgehead atoms. The topological polar surface area (TPSA) is 88.2 Å². The first-order valence-corrected chi connectivity index (χ1v) is 7.91. The summed E-state index contributed by atoms with van der Waals surface area (Å²) in [6.45, 7) is 6.11. The molecule has 0 fully saturated rings. The number of nitrogens with zero attached hydrogens (tertiary/aromatic N) is 2. The zero-order valence-electron chi connectivity index (χ0n) is 11.7. The van der Waals surface area contributed by atoms with Crippen LogP contribution in [0.25, 0.3) is 11.4 Å². The molecule has 0 aliphatic heterocycles. The Morgan fingerprint density at radius 2 is 2.05 bits per heavy atom. The van der Waals surface area contributed by atoms with Gasteiger partial charge in [0.05, 0.1) is 8.95 Å². The predicted molar refractivity (Wildman–Crippen MR) is 88.6 cm³/mol. The lowest BCUT2D eigenvalue weighted by Crippen LogP contribution is -2.24. The monoisotopic (exact) mass is 429 g/mol. The number of amides is 1. The number of nitrogens with one attached hydrogen (secondary N) is 1. The van der Waals surface area contributed by atoms with Crippen LogP contribution in [0.1, 0.15) is 24.0 Å². The molecule has 0 spiro atoms. The molecule has 0 saturated carbocycles. The van der Waals surface area contributed by atoms with E-state index < -0.39 is 5.91 Å². The maximum Gasteiger partial charge on any atom is 0.316 e. The van der Waals surface area contributed by atoms with Gasteiger partial charge < -0.3 is 14.9 Å². The van der Waals surface area contributed by atoms with E-state index in [-0.39, 0.29) is 17.5 Å². The third-order valence-electron chi connectivity index (χ3n) is 2.73. The zero-order chi connectivity index (χ0) is 16.3. The van der Waals surface area contributed by atoms with E-state index in [9.17, 15) is 9.90 Å². The second-order valence-corrected chi connectivity index (χ2v) is 6.38. The molecule has 0 saturated heterocycles. The second-order valence-electron chi connectivity index (χ2n) is 4.67. The molecule has 2 rings (SSSR count). The van der Waals surface area contributed by atoms with Crippen LogP contribution < -0.4 is 5.32 Å². The summed E-state index contributed by atoms with van der Waals surface area (Å²) >= 11 is 6.45. The van der Waals surface area contributed by atoms with Gasteiger partial charge in [0.2, 0.25) is 5.82 Å². The van der Waals surface area contributed by atoms with Gasteiger partial charge in [-0.25, -0.2) is 0 Å². The molecule has 22 heavy (non-hydrogen) atoms. The van der Waals surface area contributed by atoms with E-state index >= 15 is 0 Å². The van der Waals surface area contributed by atoms with Gasteiger partial charge >= 0.3 is 11.8 Å². The van der Waals surface area contributed by atoms with Crippen molar-refractivity contribution < 1.29 is 14.4 Å². The van der Waals surface area contributed by atoms with Gasteiger partial charge in [-0.3, -0.25) is 4.79 Å². The molecular formula is C14H13Br2N3O3. The Bertz CT molecular complexity index is 705. The minimum Gasteiger partial charge on any atom is -0.506 e. The molecule has 0 aliphatic carbocycles. The quantitative estimate of drug-likeness (QED) is 0.706. The Labute approximate surface area is 143 Å². The number of halogens is 2. The van der Waals surface area contributed by atoms with E-state index in [0.29, 0.717) is 27.5 Å². The Morgan fingerprint density at radius 1 is 1.41 bits per heavy atom. The number of hydrogen-bond acceptors (Lipinski definition) is 5. The van der Waals surface area contributed by atoms with E-state index in [1.165, 1.54) is 0 Å². The number of rotatable bonds is 5. The fraction of sp³-hybridized carbons (Fsp3) is 0.214. The number of phenols is 1. The smallest absolute Gasteiger partial charge is 0.316 e. The van der Waals surface area contributed by atoms with Crippen molar-refractivity contribution in [2.24, 2.45) is 0 Å².